The van der Waals surface area contributed by atoms with E-state index in [1.54, 1.807) is 11.3 Å². The minimum absolute atomic E-state index is 0.394. The standard InChI is InChI=1S/C12H16BrNO2S/c1-12(2,3)16-11(15)14-8-4-5-9-6-7-10(13)17-9/h4-7H,8H2,1-3H3,(H,14,15). The predicted octanol–water partition coefficient (Wildman–Crippen LogP) is 4.05. The number of rotatable bonds is 3. The maximum absolute atomic E-state index is 11.3. The fraction of sp³-hybridized carbons (Fsp3) is 0.417. The highest BCUT2D eigenvalue weighted by Gasteiger charge is 2.14. The van der Waals surface area contributed by atoms with Crippen molar-refractivity contribution in [3.05, 3.63) is 26.9 Å². The number of nitrogens with one attached hydrogen (secondary N) is 1. The summed E-state index contributed by atoms with van der Waals surface area (Å²) in [5.41, 5.74) is -0.452. The van der Waals surface area contributed by atoms with Crippen molar-refractivity contribution >= 4 is 39.4 Å². The summed E-state index contributed by atoms with van der Waals surface area (Å²) in [6, 6.07) is 4.00. The van der Waals surface area contributed by atoms with Crippen LogP contribution in [0.1, 0.15) is 25.6 Å². The number of amides is 1. The highest BCUT2D eigenvalue weighted by molar-refractivity contribution is 9.11. The fourth-order valence-corrected chi connectivity index (χ4v) is 2.40. The first kappa shape index (κ1) is 14.3. The molecule has 0 aromatic carbocycles. The number of hydrogen-bond donors (Lipinski definition) is 1. The molecule has 1 aromatic rings. The zero-order valence-electron chi connectivity index (χ0n) is 10.1. The van der Waals surface area contributed by atoms with Crippen molar-refractivity contribution in [3.8, 4) is 0 Å². The first-order valence-corrected chi connectivity index (χ1v) is 6.86. The number of carbonyl (C=O) groups excluding carboxylic acids is 1. The van der Waals surface area contributed by atoms with Crippen LogP contribution in [0.3, 0.4) is 0 Å². The van der Waals surface area contributed by atoms with Gasteiger partial charge >= 0.3 is 6.09 Å². The second-order valence-electron chi connectivity index (χ2n) is 4.43. The molecule has 0 aliphatic heterocycles. The first-order valence-electron chi connectivity index (χ1n) is 5.25. The zero-order valence-corrected chi connectivity index (χ0v) is 12.5. The average molecular weight is 318 g/mol. The van der Waals surface area contributed by atoms with Gasteiger partial charge in [0.15, 0.2) is 0 Å². The summed E-state index contributed by atoms with van der Waals surface area (Å²) in [6.07, 6.45) is 3.46. The first-order chi connectivity index (χ1) is 7.87. The Hall–Kier alpha value is -0.810. The van der Waals surface area contributed by atoms with Gasteiger partial charge in [-0.05, 0) is 54.9 Å². The molecular formula is C12H16BrNO2S. The molecule has 1 amide bonds. The lowest BCUT2D eigenvalue weighted by molar-refractivity contribution is 0.0534. The lowest BCUT2D eigenvalue weighted by atomic mass is 10.2. The van der Waals surface area contributed by atoms with E-state index >= 15 is 0 Å². The molecule has 1 rings (SSSR count). The summed E-state index contributed by atoms with van der Waals surface area (Å²) in [4.78, 5) is 12.4. The van der Waals surface area contributed by atoms with Gasteiger partial charge in [-0.1, -0.05) is 6.08 Å². The molecule has 0 unspecified atom stereocenters. The Kier molecular flexibility index (Phi) is 5.21. The SMILES string of the molecule is CC(C)(C)OC(=O)NCC=Cc1ccc(Br)s1. The van der Waals surface area contributed by atoms with Crippen LogP contribution in [0, 0.1) is 0 Å². The van der Waals surface area contributed by atoms with Crippen LogP contribution in [0.4, 0.5) is 4.79 Å². The number of thiophene rings is 1. The quantitative estimate of drug-likeness (QED) is 0.913. The van der Waals surface area contributed by atoms with E-state index in [1.807, 2.05) is 45.1 Å². The molecule has 3 nitrogen and oxygen atoms in total. The van der Waals surface area contributed by atoms with Crippen LogP contribution in [0.5, 0.6) is 0 Å². The largest absolute Gasteiger partial charge is 0.444 e. The third kappa shape index (κ3) is 6.48. The van der Waals surface area contributed by atoms with E-state index in [0.717, 1.165) is 8.66 Å². The Labute approximate surface area is 114 Å². The average Bonchev–Trinajstić information content (AvgIpc) is 2.56. The summed E-state index contributed by atoms with van der Waals surface area (Å²) >= 11 is 5.03. The number of alkyl carbamates (subject to hydrolysis) is 1. The number of carbonyl (C=O) groups is 1. The number of hydrogen-bond acceptors (Lipinski definition) is 3. The molecule has 0 atom stereocenters. The highest BCUT2D eigenvalue weighted by atomic mass is 79.9. The topological polar surface area (TPSA) is 38.3 Å². The van der Waals surface area contributed by atoms with Gasteiger partial charge in [-0.25, -0.2) is 4.79 Å². The molecule has 0 bridgehead atoms. The van der Waals surface area contributed by atoms with Crippen molar-refractivity contribution in [1.82, 2.24) is 5.32 Å². The van der Waals surface area contributed by atoms with E-state index in [0.29, 0.717) is 6.54 Å². The van der Waals surface area contributed by atoms with Crippen LogP contribution in [0.15, 0.2) is 22.0 Å². The Balaban J connectivity index is 2.28. The summed E-state index contributed by atoms with van der Waals surface area (Å²) in [6.45, 7) is 5.98. The van der Waals surface area contributed by atoms with Gasteiger partial charge in [0.05, 0.1) is 3.79 Å². The van der Waals surface area contributed by atoms with Crippen molar-refractivity contribution in [2.45, 2.75) is 26.4 Å². The Bertz CT molecular complexity index is 407. The van der Waals surface area contributed by atoms with E-state index in [1.165, 1.54) is 0 Å². The van der Waals surface area contributed by atoms with E-state index in [4.69, 9.17) is 4.74 Å². The second-order valence-corrected chi connectivity index (χ2v) is 6.92. The van der Waals surface area contributed by atoms with Crippen LogP contribution in [0.25, 0.3) is 6.08 Å². The molecule has 0 aliphatic carbocycles. The van der Waals surface area contributed by atoms with Gasteiger partial charge < -0.3 is 10.1 Å². The van der Waals surface area contributed by atoms with Crippen LogP contribution in [-0.4, -0.2) is 18.2 Å². The maximum atomic E-state index is 11.3. The monoisotopic (exact) mass is 317 g/mol. The molecular weight excluding hydrogens is 302 g/mol. The van der Waals surface area contributed by atoms with E-state index in [-0.39, 0.29) is 0 Å². The van der Waals surface area contributed by atoms with Crippen LogP contribution >= 0.6 is 27.3 Å². The summed E-state index contributed by atoms with van der Waals surface area (Å²) in [5, 5.41) is 2.66. The van der Waals surface area contributed by atoms with E-state index < -0.39 is 11.7 Å². The van der Waals surface area contributed by atoms with Crippen LogP contribution in [-0.2, 0) is 4.74 Å². The highest BCUT2D eigenvalue weighted by Crippen LogP contribution is 2.22. The molecule has 0 saturated carbocycles. The Morgan fingerprint density at radius 2 is 2.24 bits per heavy atom. The van der Waals surface area contributed by atoms with Crippen LogP contribution in [0.2, 0.25) is 0 Å². The second kappa shape index (κ2) is 6.21. The van der Waals surface area contributed by atoms with Crippen molar-refractivity contribution in [3.63, 3.8) is 0 Å². The van der Waals surface area contributed by atoms with Crippen LogP contribution < -0.4 is 5.32 Å². The normalized spacial score (nSPS) is 11.8. The number of halogens is 1. The van der Waals surface area contributed by atoms with Crippen molar-refractivity contribution < 1.29 is 9.53 Å². The molecule has 0 spiro atoms. The van der Waals surface area contributed by atoms with Gasteiger partial charge in [0, 0.05) is 11.4 Å². The smallest absolute Gasteiger partial charge is 0.407 e. The van der Waals surface area contributed by atoms with Crippen molar-refractivity contribution in [1.29, 1.82) is 0 Å². The third-order valence-electron chi connectivity index (χ3n) is 1.64. The molecule has 0 aliphatic rings. The lowest BCUT2D eigenvalue weighted by Crippen LogP contribution is -2.32. The van der Waals surface area contributed by atoms with Gasteiger partial charge in [0.25, 0.3) is 0 Å². The van der Waals surface area contributed by atoms with E-state index in [9.17, 15) is 4.79 Å². The van der Waals surface area contributed by atoms with Gasteiger partial charge in [-0.2, -0.15) is 0 Å². The molecule has 17 heavy (non-hydrogen) atoms. The van der Waals surface area contributed by atoms with Crippen molar-refractivity contribution in [2.75, 3.05) is 6.54 Å². The number of ether oxygens (including phenoxy) is 1. The maximum Gasteiger partial charge on any atom is 0.407 e. The minimum atomic E-state index is -0.452. The van der Waals surface area contributed by atoms with Crippen molar-refractivity contribution in [2.24, 2.45) is 0 Å². The zero-order chi connectivity index (χ0) is 12.9. The fourth-order valence-electron chi connectivity index (χ4n) is 1.05. The van der Waals surface area contributed by atoms with E-state index in [2.05, 4.69) is 21.2 Å². The lowest BCUT2D eigenvalue weighted by Gasteiger charge is -2.19. The minimum Gasteiger partial charge on any atom is -0.444 e. The Morgan fingerprint density at radius 3 is 2.76 bits per heavy atom. The Morgan fingerprint density at radius 1 is 1.53 bits per heavy atom. The molecule has 1 N–H and O–H groups in total. The molecule has 1 heterocycles. The molecule has 0 fully saturated rings. The molecule has 0 radical (unpaired) electrons. The summed E-state index contributed by atoms with van der Waals surface area (Å²) in [5.74, 6) is 0. The predicted molar refractivity (Wildman–Crippen MR) is 75.3 cm³/mol. The molecule has 94 valence electrons. The summed E-state index contributed by atoms with van der Waals surface area (Å²) in [7, 11) is 0. The van der Waals surface area contributed by atoms with Gasteiger partial charge in [0.2, 0.25) is 0 Å². The summed E-state index contributed by atoms with van der Waals surface area (Å²) < 4.78 is 6.20. The molecule has 1 aromatic heterocycles. The van der Waals surface area contributed by atoms with Gasteiger partial charge in [-0.3, -0.25) is 0 Å². The third-order valence-corrected chi connectivity index (χ3v) is 3.23. The molecule has 0 saturated heterocycles. The van der Waals surface area contributed by atoms with Gasteiger partial charge in [-0.15, -0.1) is 11.3 Å². The molecule has 5 heteroatoms. The van der Waals surface area contributed by atoms with Gasteiger partial charge in [0.1, 0.15) is 5.60 Å².